The second-order valence-electron chi connectivity index (χ2n) is 6.97. The number of anilines is 1. The van der Waals surface area contributed by atoms with Gasteiger partial charge in [0.1, 0.15) is 10.1 Å². The predicted molar refractivity (Wildman–Crippen MR) is 119 cm³/mol. The summed E-state index contributed by atoms with van der Waals surface area (Å²) in [5.74, 6) is 0.0710. The Hall–Kier alpha value is -2.53. The van der Waals surface area contributed by atoms with Gasteiger partial charge in [-0.15, -0.1) is 23.2 Å². The number of rotatable bonds is 6. The molecule has 0 spiro atoms. The third-order valence-electron chi connectivity index (χ3n) is 4.72. The number of carbonyl (C=O) groups excluding carboxylic acids is 2. The van der Waals surface area contributed by atoms with Gasteiger partial charge in [0, 0.05) is 16.1 Å². The number of amides is 1. The minimum Gasteiger partial charge on any atom is -0.455 e. The molecule has 1 amide bonds. The summed E-state index contributed by atoms with van der Waals surface area (Å²) >= 11 is 18.0. The van der Waals surface area contributed by atoms with Crippen LogP contribution in [0.2, 0.25) is 5.02 Å². The Morgan fingerprint density at radius 3 is 2.20 bits per heavy atom. The van der Waals surface area contributed by atoms with Crippen molar-refractivity contribution < 1.29 is 14.3 Å². The van der Waals surface area contributed by atoms with Gasteiger partial charge in [0.2, 0.25) is 5.91 Å². The van der Waals surface area contributed by atoms with E-state index in [1.165, 1.54) is 0 Å². The molecular weight excluding hydrogens is 445 g/mol. The minimum atomic E-state index is -1.02. The van der Waals surface area contributed by atoms with E-state index in [2.05, 4.69) is 5.32 Å². The van der Waals surface area contributed by atoms with Crippen LogP contribution in [-0.2, 0) is 4.79 Å². The van der Waals surface area contributed by atoms with E-state index in [1.54, 1.807) is 54.6 Å². The fraction of sp³-hybridized carbons (Fsp3) is 0.130. The van der Waals surface area contributed by atoms with Crippen molar-refractivity contribution >= 4 is 52.2 Å². The summed E-state index contributed by atoms with van der Waals surface area (Å²) in [6, 6.07) is 20.7. The van der Waals surface area contributed by atoms with Crippen LogP contribution in [0.1, 0.15) is 22.3 Å². The van der Waals surface area contributed by atoms with Crippen molar-refractivity contribution in [3.63, 3.8) is 0 Å². The Morgan fingerprint density at radius 1 is 0.933 bits per heavy atom. The van der Waals surface area contributed by atoms with Crippen LogP contribution >= 0.6 is 34.8 Å². The van der Waals surface area contributed by atoms with E-state index >= 15 is 0 Å². The molecule has 0 aliphatic heterocycles. The van der Waals surface area contributed by atoms with E-state index < -0.39 is 10.3 Å². The number of alkyl halides is 2. The van der Waals surface area contributed by atoms with Crippen LogP contribution in [-0.4, -0.2) is 16.0 Å². The summed E-state index contributed by atoms with van der Waals surface area (Å²) in [6.07, 6.45) is 0.398. The lowest BCUT2D eigenvalue weighted by molar-refractivity contribution is -0.117. The molecule has 1 aliphatic rings. The van der Waals surface area contributed by atoms with Gasteiger partial charge in [-0.2, -0.15) is 0 Å². The third-order valence-corrected chi connectivity index (χ3v) is 5.79. The molecule has 0 bridgehead atoms. The maximum absolute atomic E-state index is 12.5. The number of ether oxygens (including phenoxy) is 1. The first kappa shape index (κ1) is 20.7. The highest BCUT2D eigenvalue weighted by Crippen LogP contribution is 2.53. The summed E-state index contributed by atoms with van der Waals surface area (Å²) in [6.45, 7) is 0. The molecule has 1 unspecified atom stereocenters. The number of benzene rings is 3. The van der Waals surface area contributed by atoms with Crippen molar-refractivity contribution in [3.8, 4) is 11.5 Å². The number of ketones is 1. The first-order valence-electron chi connectivity index (χ1n) is 9.19. The highest BCUT2D eigenvalue weighted by Gasteiger charge is 2.56. The van der Waals surface area contributed by atoms with Crippen molar-refractivity contribution in [1.29, 1.82) is 0 Å². The fourth-order valence-electron chi connectivity index (χ4n) is 2.96. The summed E-state index contributed by atoms with van der Waals surface area (Å²) < 4.78 is 4.88. The van der Waals surface area contributed by atoms with Crippen LogP contribution in [0.15, 0.2) is 72.8 Å². The lowest BCUT2D eigenvalue weighted by Gasteiger charge is -2.13. The molecule has 0 radical (unpaired) electrons. The molecule has 4 nitrogen and oxygen atoms in total. The van der Waals surface area contributed by atoms with Crippen LogP contribution in [0.25, 0.3) is 0 Å². The summed E-state index contributed by atoms with van der Waals surface area (Å²) in [7, 11) is 0. The van der Waals surface area contributed by atoms with Crippen LogP contribution in [0, 0.1) is 5.92 Å². The molecule has 1 aliphatic carbocycles. The van der Waals surface area contributed by atoms with Crippen molar-refractivity contribution in [2.75, 3.05) is 5.32 Å². The topological polar surface area (TPSA) is 55.4 Å². The highest BCUT2D eigenvalue weighted by molar-refractivity contribution is 6.52. The number of hydrogen-bond acceptors (Lipinski definition) is 3. The van der Waals surface area contributed by atoms with Crippen molar-refractivity contribution in [1.82, 2.24) is 0 Å². The second-order valence-corrected chi connectivity index (χ2v) is 8.95. The number of nitrogens with one attached hydrogen (secondary N) is 1. The number of halogens is 3. The molecule has 0 heterocycles. The van der Waals surface area contributed by atoms with Crippen molar-refractivity contribution in [2.24, 2.45) is 5.92 Å². The van der Waals surface area contributed by atoms with Gasteiger partial charge in [-0.3, -0.25) is 9.59 Å². The lowest BCUT2D eigenvalue weighted by atomic mass is 10.0. The average Bonchev–Trinajstić information content (AvgIpc) is 3.39. The van der Waals surface area contributed by atoms with Gasteiger partial charge in [-0.05, 0) is 48.9 Å². The van der Waals surface area contributed by atoms with Gasteiger partial charge in [0.25, 0.3) is 0 Å². The van der Waals surface area contributed by atoms with Gasteiger partial charge in [-0.1, -0.05) is 41.9 Å². The third kappa shape index (κ3) is 4.62. The van der Waals surface area contributed by atoms with Crippen LogP contribution in [0.5, 0.6) is 11.5 Å². The molecule has 0 saturated heterocycles. The summed E-state index contributed by atoms with van der Waals surface area (Å²) in [5, 5.41) is 3.21. The molecule has 7 heteroatoms. The van der Waals surface area contributed by atoms with Gasteiger partial charge >= 0.3 is 0 Å². The molecule has 152 valence electrons. The number of hydrogen-bond donors (Lipinski definition) is 1. The Bertz CT molecular complexity index is 1100. The normalized spacial score (nSPS) is 16.6. The molecule has 1 saturated carbocycles. The van der Waals surface area contributed by atoms with Gasteiger partial charge in [0.05, 0.1) is 11.6 Å². The average molecular weight is 461 g/mol. The SMILES string of the molecule is O=C(c1ccccc1)c1ccc(Oc2ccc(Cl)cc2NC(=O)C2CC2(Cl)Cl)cc1. The van der Waals surface area contributed by atoms with E-state index in [4.69, 9.17) is 39.5 Å². The Balaban J connectivity index is 1.50. The zero-order valence-corrected chi connectivity index (χ0v) is 17.8. The minimum absolute atomic E-state index is 0.0725. The zero-order valence-electron chi connectivity index (χ0n) is 15.6. The molecule has 4 rings (SSSR count). The monoisotopic (exact) mass is 459 g/mol. The molecule has 30 heavy (non-hydrogen) atoms. The molecule has 1 atom stereocenters. The van der Waals surface area contributed by atoms with E-state index in [0.29, 0.717) is 39.8 Å². The molecule has 3 aromatic rings. The Morgan fingerprint density at radius 2 is 1.57 bits per heavy atom. The zero-order chi connectivity index (χ0) is 21.3. The van der Waals surface area contributed by atoms with Gasteiger partial charge < -0.3 is 10.1 Å². The lowest BCUT2D eigenvalue weighted by Crippen LogP contribution is -2.17. The molecular formula is C23H16Cl3NO3. The fourth-order valence-corrected chi connectivity index (χ4v) is 3.64. The predicted octanol–water partition coefficient (Wildman–Crippen LogP) is 6.50. The Labute approximate surface area is 188 Å². The molecule has 1 N–H and O–H groups in total. The smallest absolute Gasteiger partial charge is 0.230 e. The van der Waals surface area contributed by atoms with Crippen molar-refractivity contribution in [3.05, 3.63) is 88.9 Å². The van der Waals surface area contributed by atoms with Gasteiger partial charge in [0.15, 0.2) is 11.5 Å². The van der Waals surface area contributed by atoms with Crippen molar-refractivity contribution in [2.45, 2.75) is 10.8 Å². The first-order valence-corrected chi connectivity index (χ1v) is 10.3. The maximum atomic E-state index is 12.5. The van der Waals surface area contributed by atoms with E-state index in [-0.39, 0.29) is 11.7 Å². The molecule has 0 aromatic heterocycles. The Kier molecular flexibility index (Phi) is 5.74. The summed E-state index contributed by atoms with van der Waals surface area (Å²) in [5.41, 5.74) is 1.57. The highest BCUT2D eigenvalue weighted by atomic mass is 35.5. The van der Waals surface area contributed by atoms with Gasteiger partial charge in [-0.25, -0.2) is 0 Å². The van der Waals surface area contributed by atoms with E-state index in [1.807, 2.05) is 18.2 Å². The van der Waals surface area contributed by atoms with Crippen LogP contribution in [0.3, 0.4) is 0 Å². The quantitative estimate of drug-likeness (QED) is 0.337. The maximum Gasteiger partial charge on any atom is 0.230 e. The van der Waals surface area contributed by atoms with Crippen LogP contribution in [0.4, 0.5) is 5.69 Å². The van der Waals surface area contributed by atoms with Crippen LogP contribution < -0.4 is 10.1 Å². The first-order chi connectivity index (χ1) is 14.3. The largest absolute Gasteiger partial charge is 0.455 e. The standard InChI is InChI=1S/C23H16Cl3NO3/c24-16-8-11-20(19(12-16)27-22(29)18-13-23(18,25)26)30-17-9-6-15(7-10-17)21(28)14-4-2-1-3-5-14/h1-12,18H,13H2,(H,27,29). The second kappa shape index (κ2) is 8.31. The summed E-state index contributed by atoms with van der Waals surface area (Å²) in [4.78, 5) is 24.9. The van der Waals surface area contributed by atoms with E-state index in [0.717, 1.165) is 0 Å². The van der Waals surface area contributed by atoms with E-state index in [9.17, 15) is 9.59 Å². The number of carbonyl (C=O) groups is 2. The molecule has 3 aromatic carbocycles. The molecule has 1 fully saturated rings.